The van der Waals surface area contributed by atoms with Crippen LogP contribution in [0.1, 0.15) is 62.4 Å². The number of nitrogens with two attached hydrogens (primary N) is 2. The quantitative estimate of drug-likeness (QED) is 0.399. The van der Waals surface area contributed by atoms with Crippen LogP contribution in [0, 0.1) is 0 Å². The number of unbranched alkanes of at least 4 members (excludes halogenated alkanes) is 2. The summed E-state index contributed by atoms with van der Waals surface area (Å²) in [6.45, 7) is 9.31. The lowest BCUT2D eigenvalue weighted by molar-refractivity contribution is 0.103. The molecule has 5 heteroatoms. The molecule has 0 saturated carbocycles. The van der Waals surface area contributed by atoms with Crippen LogP contribution >= 0.6 is 0 Å². The molecule has 0 saturated heterocycles. The van der Waals surface area contributed by atoms with E-state index in [1.54, 1.807) is 24.3 Å². The molecule has 2 aromatic rings. The Balaban J connectivity index is 2.11. The lowest BCUT2D eigenvalue weighted by Crippen LogP contribution is -2.38. The van der Waals surface area contributed by atoms with Crippen LogP contribution in [0.5, 0.6) is 5.75 Å². The maximum Gasteiger partial charge on any atom is 0.196 e. The lowest BCUT2D eigenvalue weighted by atomic mass is 10.0. The molecular formula is C24H35N3O2. The summed E-state index contributed by atoms with van der Waals surface area (Å²) in [5.74, 6) is 0.486. The van der Waals surface area contributed by atoms with Gasteiger partial charge in [-0.25, -0.2) is 0 Å². The van der Waals surface area contributed by atoms with E-state index in [1.807, 2.05) is 18.2 Å². The molecule has 0 radical (unpaired) electrons. The Bertz CT molecular complexity index is 783. The first-order valence-electron chi connectivity index (χ1n) is 10.6. The predicted octanol–water partition coefficient (Wildman–Crippen LogP) is 4.75. The number of nitrogen functional groups attached to an aromatic ring is 2. The van der Waals surface area contributed by atoms with Crippen molar-refractivity contribution in [1.29, 1.82) is 0 Å². The summed E-state index contributed by atoms with van der Waals surface area (Å²) >= 11 is 0. The van der Waals surface area contributed by atoms with Gasteiger partial charge >= 0.3 is 0 Å². The summed E-state index contributed by atoms with van der Waals surface area (Å²) < 4.78 is 6.12. The molecule has 0 fully saturated rings. The van der Waals surface area contributed by atoms with Crippen LogP contribution in [0.25, 0.3) is 0 Å². The van der Waals surface area contributed by atoms with Crippen molar-refractivity contribution in [3.8, 4) is 5.75 Å². The van der Waals surface area contributed by atoms with Crippen molar-refractivity contribution in [2.45, 2.75) is 52.5 Å². The van der Waals surface area contributed by atoms with Gasteiger partial charge in [-0.2, -0.15) is 0 Å². The minimum absolute atomic E-state index is 0.117. The summed E-state index contributed by atoms with van der Waals surface area (Å²) in [6, 6.07) is 12.6. The molecule has 0 aliphatic carbocycles. The van der Waals surface area contributed by atoms with Crippen LogP contribution in [-0.4, -0.2) is 36.4 Å². The first-order valence-corrected chi connectivity index (χ1v) is 10.6. The van der Waals surface area contributed by atoms with Gasteiger partial charge in [-0.3, -0.25) is 9.69 Å². The van der Waals surface area contributed by atoms with E-state index in [2.05, 4.69) is 25.7 Å². The SMILES string of the molecule is CCCCN(CCCC)C(C)COc1ccccc1C(=O)c1ccc(N)c(N)c1. The standard InChI is InChI=1S/C24H35N3O2/c1-4-6-14-27(15-7-5-2)18(3)17-29-23-11-9-8-10-20(23)24(28)19-12-13-21(25)22(26)16-19/h8-13,16,18H,4-7,14-15,17,25-26H2,1-3H3. The van der Waals surface area contributed by atoms with Crippen LogP contribution in [0.4, 0.5) is 11.4 Å². The average Bonchev–Trinajstić information content (AvgIpc) is 2.73. The number of hydrogen-bond acceptors (Lipinski definition) is 5. The molecule has 29 heavy (non-hydrogen) atoms. The maximum absolute atomic E-state index is 13.0. The van der Waals surface area contributed by atoms with Gasteiger partial charge in [0, 0.05) is 11.6 Å². The molecule has 1 unspecified atom stereocenters. The topological polar surface area (TPSA) is 81.6 Å². The monoisotopic (exact) mass is 397 g/mol. The van der Waals surface area contributed by atoms with Gasteiger partial charge in [-0.1, -0.05) is 38.8 Å². The molecule has 0 bridgehead atoms. The van der Waals surface area contributed by atoms with Gasteiger partial charge in [0.15, 0.2) is 5.78 Å². The summed E-state index contributed by atoms with van der Waals surface area (Å²) in [5.41, 5.74) is 13.6. The predicted molar refractivity (Wildman–Crippen MR) is 121 cm³/mol. The van der Waals surface area contributed by atoms with Crippen molar-refractivity contribution >= 4 is 17.2 Å². The molecule has 4 N–H and O–H groups in total. The van der Waals surface area contributed by atoms with E-state index >= 15 is 0 Å². The normalized spacial score (nSPS) is 12.1. The zero-order chi connectivity index (χ0) is 21.2. The molecule has 2 aromatic carbocycles. The molecular weight excluding hydrogens is 362 g/mol. The van der Waals surface area contributed by atoms with Crippen LogP contribution in [0.2, 0.25) is 0 Å². The number of ether oxygens (including phenoxy) is 1. The minimum atomic E-state index is -0.117. The molecule has 5 nitrogen and oxygen atoms in total. The van der Waals surface area contributed by atoms with E-state index in [9.17, 15) is 4.79 Å². The maximum atomic E-state index is 13.0. The molecule has 158 valence electrons. The zero-order valence-corrected chi connectivity index (χ0v) is 18.0. The highest BCUT2D eigenvalue weighted by Crippen LogP contribution is 2.24. The number of hydrogen-bond donors (Lipinski definition) is 2. The molecule has 2 rings (SSSR count). The number of carbonyl (C=O) groups is 1. The van der Waals surface area contributed by atoms with Gasteiger partial charge in [0.25, 0.3) is 0 Å². The first-order chi connectivity index (χ1) is 14.0. The number of anilines is 2. The zero-order valence-electron chi connectivity index (χ0n) is 18.0. The van der Waals surface area contributed by atoms with Crippen LogP contribution in [-0.2, 0) is 0 Å². The Morgan fingerprint density at radius 1 is 1.00 bits per heavy atom. The van der Waals surface area contributed by atoms with Crippen molar-refractivity contribution in [2.75, 3.05) is 31.2 Å². The molecule has 0 amide bonds. The Morgan fingerprint density at radius 2 is 1.66 bits per heavy atom. The molecule has 0 heterocycles. The Kier molecular flexibility index (Phi) is 9.00. The smallest absolute Gasteiger partial charge is 0.196 e. The van der Waals surface area contributed by atoms with E-state index in [0.717, 1.165) is 13.1 Å². The molecule has 1 atom stereocenters. The molecule has 0 aromatic heterocycles. The highest BCUT2D eigenvalue weighted by atomic mass is 16.5. The van der Waals surface area contributed by atoms with Gasteiger partial charge in [0.1, 0.15) is 12.4 Å². The number of nitrogens with zero attached hydrogens (tertiary/aromatic N) is 1. The van der Waals surface area contributed by atoms with Gasteiger partial charge in [0.05, 0.1) is 16.9 Å². The fraction of sp³-hybridized carbons (Fsp3) is 0.458. The fourth-order valence-electron chi connectivity index (χ4n) is 3.24. The van der Waals surface area contributed by atoms with Gasteiger partial charge in [0.2, 0.25) is 0 Å². The van der Waals surface area contributed by atoms with Gasteiger partial charge in [-0.05, 0) is 63.2 Å². The summed E-state index contributed by atoms with van der Waals surface area (Å²) in [4.78, 5) is 15.5. The fourth-order valence-corrected chi connectivity index (χ4v) is 3.24. The Morgan fingerprint density at radius 3 is 2.28 bits per heavy atom. The average molecular weight is 398 g/mol. The van der Waals surface area contributed by atoms with Crippen molar-refractivity contribution < 1.29 is 9.53 Å². The van der Waals surface area contributed by atoms with E-state index in [4.69, 9.17) is 16.2 Å². The Hall–Kier alpha value is -2.53. The Labute approximate surface area is 175 Å². The van der Waals surface area contributed by atoms with E-state index in [0.29, 0.717) is 34.9 Å². The van der Waals surface area contributed by atoms with E-state index in [-0.39, 0.29) is 11.8 Å². The van der Waals surface area contributed by atoms with E-state index in [1.165, 1.54) is 25.7 Å². The number of carbonyl (C=O) groups excluding carboxylic acids is 1. The molecule has 0 aliphatic rings. The summed E-state index contributed by atoms with van der Waals surface area (Å²) in [7, 11) is 0. The largest absolute Gasteiger partial charge is 0.491 e. The van der Waals surface area contributed by atoms with E-state index < -0.39 is 0 Å². The first kappa shape index (κ1) is 22.8. The van der Waals surface area contributed by atoms with Crippen LogP contribution < -0.4 is 16.2 Å². The number of ketones is 1. The number of rotatable bonds is 12. The second-order valence-electron chi connectivity index (χ2n) is 7.57. The van der Waals surface area contributed by atoms with Crippen molar-refractivity contribution in [3.05, 3.63) is 53.6 Å². The second kappa shape index (κ2) is 11.5. The van der Waals surface area contributed by atoms with Gasteiger partial charge in [-0.15, -0.1) is 0 Å². The third-order valence-corrected chi connectivity index (χ3v) is 5.18. The van der Waals surface area contributed by atoms with Crippen LogP contribution in [0.3, 0.4) is 0 Å². The highest BCUT2D eigenvalue weighted by Gasteiger charge is 2.18. The van der Waals surface area contributed by atoms with Crippen molar-refractivity contribution in [3.63, 3.8) is 0 Å². The summed E-state index contributed by atoms with van der Waals surface area (Å²) in [5, 5.41) is 0. The van der Waals surface area contributed by atoms with Crippen molar-refractivity contribution in [2.24, 2.45) is 0 Å². The van der Waals surface area contributed by atoms with Crippen LogP contribution in [0.15, 0.2) is 42.5 Å². The van der Waals surface area contributed by atoms with Gasteiger partial charge < -0.3 is 16.2 Å². The third kappa shape index (κ3) is 6.50. The number of benzene rings is 2. The summed E-state index contributed by atoms with van der Waals surface area (Å²) in [6.07, 6.45) is 4.72. The highest BCUT2D eigenvalue weighted by molar-refractivity contribution is 6.11. The number of para-hydroxylation sites is 1. The van der Waals surface area contributed by atoms with Crippen molar-refractivity contribution in [1.82, 2.24) is 4.90 Å². The minimum Gasteiger partial charge on any atom is -0.491 e. The molecule has 0 aliphatic heterocycles. The molecule has 0 spiro atoms. The third-order valence-electron chi connectivity index (χ3n) is 5.18. The second-order valence-corrected chi connectivity index (χ2v) is 7.57. The lowest BCUT2D eigenvalue weighted by Gasteiger charge is -2.29.